The third-order valence-corrected chi connectivity index (χ3v) is 2.51. The van der Waals surface area contributed by atoms with E-state index in [-0.39, 0.29) is 11.9 Å². The maximum atomic E-state index is 11.0. The molecule has 3 nitrogen and oxygen atoms in total. The number of hydrogen-bond donors (Lipinski definition) is 1. The molecule has 1 atom stereocenters. The first kappa shape index (κ1) is 9.19. The lowest BCUT2D eigenvalue weighted by Gasteiger charge is -2.08. The van der Waals surface area contributed by atoms with Gasteiger partial charge in [0.15, 0.2) is 0 Å². The first-order valence-corrected chi connectivity index (χ1v) is 4.95. The zero-order chi connectivity index (χ0) is 9.97. The van der Waals surface area contributed by atoms with Gasteiger partial charge in [0.2, 0.25) is 5.91 Å². The van der Waals surface area contributed by atoms with E-state index >= 15 is 0 Å². The molecule has 0 aliphatic carbocycles. The molecule has 0 radical (unpaired) electrons. The van der Waals surface area contributed by atoms with Crippen molar-refractivity contribution in [3.05, 3.63) is 29.6 Å². The molecule has 1 aliphatic rings. The van der Waals surface area contributed by atoms with Crippen LogP contribution in [0.5, 0.6) is 0 Å². The molecule has 1 aromatic heterocycles. The number of amides is 1. The molecular weight excluding hydrogens is 176 g/mol. The van der Waals surface area contributed by atoms with E-state index in [1.54, 1.807) is 0 Å². The van der Waals surface area contributed by atoms with Gasteiger partial charge in [-0.15, -0.1) is 0 Å². The number of carbonyl (C=O) groups excluding carboxylic acids is 1. The first-order valence-electron chi connectivity index (χ1n) is 4.95. The van der Waals surface area contributed by atoms with Gasteiger partial charge in [0.25, 0.3) is 0 Å². The molecule has 0 bridgehead atoms. The smallest absolute Gasteiger partial charge is 0.220 e. The van der Waals surface area contributed by atoms with E-state index in [1.807, 2.05) is 19.2 Å². The summed E-state index contributed by atoms with van der Waals surface area (Å²) in [6, 6.07) is 4.37. The van der Waals surface area contributed by atoms with Crippen LogP contribution in [0, 0.1) is 6.92 Å². The minimum Gasteiger partial charge on any atom is -0.353 e. The van der Waals surface area contributed by atoms with Gasteiger partial charge in [-0.3, -0.25) is 9.78 Å². The van der Waals surface area contributed by atoms with Gasteiger partial charge in [-0.2, -0.15) is 0 Å². The summed E-state index contributed by atoms with van der Waals surface area (Å²) in [5, 5.41) is 2.94. The summed E-state index contributed by atoms with van der Waals surface area (Å²) in [4.78, 5) is 15.3. The number of aryl methyl sites for hydroxylation is 1. The molecule has 1 saturated heterocycles. The molecule has 1 fully saturated rings. The highest BCUT2D eigenvalue weighted by molar-refractivity contribution is 5.78. The monoisotopic (exact) mass is 190 g/mol. The van der Waals surface area contributed by atoms with E-state index < -0.39 is 0 Å². The van der Waals surface area contributed by atoms with Crippen molar-refractivity contribution in [3.63, 3.8) is 0 Å². The van der Waals surface area contributed by atoms with Crippen molar-refractivity contribution >= 4 is 5.91 Å². The Morgan fingerprint density at radius 2 is 2.43 bits per heavy atom. The lowest BCUT2D eigenvalue weighted by molar-refractivity contribution is -0.119. The van der Waals surface area contributed by atoms with E-state index in [4.69, 9.17) is 0 Å². The highest BCUT2D eigenvalue weighted by Crippen LogP contribution is 2.11. The molecular formula is C11H14N2O. The molecule has 0 spiro atoms. The van der Waals surface area contributed by atoms with Crippen LogP contribution in [0.3, 0.4) is 0 Å². The van der Waals surface area contributed by atoms with Crippen molar-refractivity contribution < 1.29 is 4.79 Å². The van der Waals surface area contributed by atoms with Gasteiger partial charge in [-0.25, -0.2) is 0 Å². The third-order valence-electron chi connectivity index (χ3n) is 2.51. The second-order valence-corrected chi connectivity index (χ2v) is 3.83. The molecule has 14 heavy (non-hydrogen) atoms. The summed E-state index contributed by atoms with van der Waals surface area (Å²) in [5.74, 6) is 0.169. The first-order chi connectivity index (χ1) is 6.74. The van der Waals surface area contributed by atoms with Gasteiger partial charge >= 0.3 is 0 Å². The fourth-order valence-corrected chi connectivity index (χ4v) is 1.70. The summed E-state index contributed by atoms with van der Waals surface area (Å²) >= 11 is 0. The fourth-order valence-electron chi connectivity index (χ4n) is 1.70. The highest BCUT2D eigenvalue weighted by Gasteiger charge is 2.20. The highest BCUT2D eigenvalue weighted by atomic mass is 16.1. The van der Waals surface area contributed by atoms with Gasteiger partial charge in [0.1, 0.15) is 0 Å². The number of nitrogens with one attached hydrogen (secondary N) is 1. The third kappa shape index (κ3) is 2.10. The molecule has 2 heterocycles. The molecule has 74 valence electrons. The van der Waals surface area contributed by atoms with Crippen molar-refractivity contribution in [2.24, 2.45) is 0 Å². The summed E-state index contributed by atoms with van der Waals surface area (Å²) in [5.41, 5.74) is 2.23. The zero-order valence-corrected chi connectivity index (χ0v) is 8.29. The largest absolute Gasteiger partial charge is 0.353 e. The van der Waals surface area contributed by atoms with Crippen LogP contribution >= 0.6 is 0 Å². The molecule has 2 rings (SSSR count). The van der Waals surface area contributed by atoms with Crippen LogP contribution in [0.25, 0.3) is 0 Å². The van der Waals surface area contributed by atoms with Crippen LogP contribution in [-0.2, 0) is 11.2 Å². The molecule has 1 aliphatic heterocycles. The second-order valence-electron chi connectivity index (χ2n) is 3.83. The molecule has 0 saturated carbocycles. The Bertz CT molecular complexity index is 332. The van der Waals surface area contributed by atoms with Gasteiger partial charge < -0.3 is 5.32 Å². The van der Waals surface area contributed by atoms with Crippen molar-refractivity contribution in [3.8, 4) is 0 Å². The number of carbonyl (C=O) groups is 1. The average Bonchev–Trinajstić information content (AvgIpc) is 2.56. The Hall–Kier alpha value is -1.38. The zero-order valence-electron chi connectivity index (χ0n) is 8.29. The molecule has 0 aromatic carbocycles. The van der Waals surface area contributed by atoms with Gasteiger partial charge in [0.05, 0.1) is 0 Å². The van der Waals surface area contributed by atoms with Crippen molar-refractivity contribution in [2.75, 3.05) is 0 Å². The summed E-state index contributed by atoms with van der Waals surface area (Å²) in [6.45, 7) is 2.02. The lowest BCUT2D eigenvalue weighted by Crippen LogP contribution is -2.27. The van der Waals surface area contributed by atoms with Crippen molar-refractivity contribution in [1.82, 2.24) is 10.3 Å². The second kappa shape index (κ2) is 3.78. The maximum absolute atomic E-state index is 11.0. The Balaban J connectivity index is 1.97. The molecule has 1 amide bonds. The Labute approximate surface area is 83.5 Å². The summed E-state index contributed by atoms with van der Waals surface area (Å²) < 4.78 is 0. The molecule has 1 N–H and O–H groups in total. The summed E-state index contributed by atoms with van der Waals surface area (Å²) in [7, 11) is 0. The predicted octanol–water partition coefficient (Wildman–Crippen LogP) is 1.21. The average molecular weight is 190 g/mol. The number of hydrogen-bond acceptors (Lipinski definition) is 2. The van der Waals surface area contributed by atoms with Gasteiger partial charge in [-0.1, -0.05) is 6.07 Å². The number of rotatable bonds is 2. The standard InChI is InChI=1S/C11H14N2O/c1-8-2-3-9(12-7-8)6-10-4-5-11(14)13-10/h2-3,7,10H,4-6H2,1H3,(H,13,14). The van der Waals surface area contributed by atoms with Crippen molar-refractivity contribution in [1.29, 1.82) is 0 Å². The Morgan fingerprint density at radius 1 is 1.57 bits per heavy atom. The normalized spacial score (nSPS) is 20.9. The Morgan fingerprint density at radius 3 is 3.00 bits per heavy atom. The van der Waals surface area contributed by atoms with Gasteiger partial charge in [-0.05, 0) is 25.0 Å². The Kier molecular flexibility index (Phi) is 2.48. The van der Waals surface area contributed by atoms with Crippen LogP contribution in [0.15, 0.2) is 18.3 Å². The maximum Gasteiger partial charge on any atom is 0.220 e. The molecule has 1 aromatic rings. The van der Waals surface area contributed by atoms with Crippen LogP contribution < -0.4 is 5.32 Å². The van der Waals surface area contributed by atoms with E-state index in [9.17, 15) is 4.79 Å². The van der Waals surface area contributed by atoms with Crippen LogP contribution in [-0.4, -0.2) is 16.9 Å². The van der Waals surface area contributed by atoms with E-state index in [1.165, 1.54) is 5.56 Å². The van der Waals surface area contributed by atoms with Crippen LogP contribution in [0.2, 0.25) is 0 Å². The fraction of sp³-hybridized carbons (Fsp3) is 0.455. The topological polar surface area (TPSA) is 42.0 Å². The van der Waals surface area contributed by atoms with E-state index in [0.717, 1.165) is 18.5 Å². The van der Waals surface area contributed by atoms with Gasteiger partial charge in [0, 0.05) is 30.8 Å². The number of aromatic nitrogens is 1. The van der Waals surface area contributed by atoms with Crippen LogP contribution in [0.1, 0.15) is 24.1 Å². The van der Waals surface area contributed by atoms with E-state index in [0.29, 0.717) is 6.42 Å². The number of pyridine rings is 1. The quantitative estimate of drug-likeness (QED) is 0.761. The van der Waals surface area contributed by atoms with Crippen molar-refractivity contribution in [2.45, 2.75) is 32.2 Å². The predicted molar refractivity (Wildman–Crippen MR) is 53.8 cm³/mol. The SMILES string of the molecule is Cc1ccc(CC2CCC(=O)N2)nc1. The summed E-state index contributed by atoms with van der Waals surface area (Å²) in [6.07, 6.45) is 4.32. The minimum atomic E-state index is 0.169. The molecule has 1 unspecified atom stereocenters. The van der Waals surface area contributed by atoms with E-state index in [2.05, 4.69) is 16.4 Å². The van der Waals surface area contributed by atoms with Crippen LogP contribution in [0.4, 0.5) is 0 Å². The number of nitrogens with zero attached hydrogens (tertiary/aromatic N) is 1. The molecule has 3 heteroatoms. The lowest BCUT2D eigenvalue weighted by atomic mass is 10.1. The minimum absolute atomic E-state index is 0.169.